The van der Waals surface area contributed by atoms with Crippen LogP contribution in [0.3, 0.4) is 0 Å². The first-order valence-corrected chi connectivity index (χ1v) is 11.3. The number of carbonyl (C=O) groups excluding carboxylic acids is 1. The second kappa shape index (κ2) is 9.54. The molecule has 1 atom stereocenters. The Morgan fingerprint density at radius 2 is 1.84 bits per heavy atom. The van der Waals surface area contributed by atoms with Crippen LogP contribution in [0.4, 0.5) is 17.6 Å². The van der Waals surface area contributed by atoms with Gasteiger partial charge in [-0.1, -0.05) is 18.2 Å². The predicted octanol–water partition coefficient (Wildman–Crippen LogP) is 4.74. The largest absolute Gasteiger partial charge is 0.618 e. The maximum atomic E-state index is 13.6. The van der Waals surface area contributed by atoms with Gasteiger partial charge in [-0.15, -0.1) is 10.2 Å². The summed E-state index contributed by atoms with van der Waals surface area (Å²) in [6.07, 6.45) is -0.931. The van der Waals surface area contributed by atoms with Crippen molar-refractivity contribution in [3.8, 4) is 22.6 Å². The highest BCUT2D eigenvalue weighted by atomic mass is 19.4. The molecule has 0 aliphatic heterocycles. The van der Waals surface area contributed by atoms with Crippen molar-refractivity contribution in [1.29, 1.82) is 0 Å². The number of carbonyl (C=O) groups is 1. The molecular formula is C26H18F4N6O2. The summed E-state index contributed by atoms with van der Waals surface area (Å²) >= 11 is 0. The summed E-state index contributed by atoms with van der Waals surface area (Å²) in [6, 6.07) is 13.4. The highest BCUT2D eigenvalue weighted by Crippen LogP contribution is 2.29. The average Bonchev–Trinajstić information content (AvgIpc) is 3.32. The molecule has 0 saturated heterocycles. The van der Waals surface area contributed by atoms with Gasteiger partial charge in [0, 0.05) is 29.6 Å². The van der Waals surface area contributed by atoms with Crippen molar-refractivity contribution in [3.05, 3.63) is 107 Å². The van der Waals surface area contributed by atoms with E-state index in [9.17, 15) is 27.6 Å². The maximum absolute atomic E-state index is 13.6. The Morgan fingerprint density at radius 1 is 1.08 bits per heavy atom. The minimum absolute atomic E-state index is 0.169. The molecule has 0 aliphatic carbocycles. The molecule has 0 bridgehead atoms. The highest BCUT2D eigenvalue weighted by Gasteiger charge is 2.39. The molecule has 0 saturated carbocycles. The Balaban J connectivity index is 1.54. The summed E-state index contributed by atoms with van der Waals surface area (Å²) in [6.45, 7) is 1.54. The number of benzene rings is 1. The van der Waals surface area contributed by atoms with Gasteiger partial charge in [0.2, 0.25) is 0 Å². The van der Waals surface area contributed by atoms with Crippen LogP contribution in [0.25, 0.3) is 28.3 Å². The first-order chi connectivity index (χ1) is 18.1. The van der Waals surface area contributed by atoms with Crippen LogP contribution < -0.4 is 10.0 Å². The summed E-state index contributed by atoms with van der Waals surface area (Å²) in [5.41, 5.74) is 0.963. The molecule has 4 aromatic heterocycles. The van der Waals surface area contributed by atoms with E-state index < -0.39 is 29.6 Å². The van der Waals surface area contributed by atoms with Gasteiger partial charge in [-0.2, -0.15) is 17.9 Å². The predicted molar refractivity (Wildman–Crippen MR) is 128 cm³/mol. The Kier molecular flexibility index (Phi) is 6.23. The van der Waals surface area contributed by atoms with Crippen molar-refractivity contribution < 1.29 is 27.1 Å². The summed E-state index contributed by atoms with van der Waals surface area (Å²) in [5.74, 6) is -0.641. The Labute approximate surface area is 212 Å². The average molecular weight is 522 g/mol. The number of pyridine rings is 3. The number of nitrogens with zero attached hydrogens (tertiary/aromatic N) is 5. The minimum atomic E-state index is -4.80. The molecule has 8 nitrogen and oxygen atoms in total. The van der Waals surface area contributed by atoms with Gasteiger partial charge in [0.1, 0.15) is 11.5 Å². The number of halogens is 4. The molecule has 1 N–H and O–H groups in total. The standard InChI is InChI=1S/C26H18F4N6O2/c1-15(17-7-10-22(26(28,29)30)36(38)14-17)32-25(37)18-12-20(16-5-8-19(27)9-6-16)23-33-34-24(35(23)13-18)21-4-2-3-11-31-21/h2-15H,1H3,(H,32,37)/t15-/m1/s1. The molecule has 38 heavy (non-hydrogen) atoms. The van der Waals surface area contributed by atoms with Crippen molar-refractivity contribution in [3.63, 3.8) is 0 Å². The van der Waals surface area contributed by atoms with Gasteiger partial charge < -0.3 is 10.5 Å². The molecule has 1 aromatic carbocycles. The smallest absolute Gasteiger partial charge is 0.478 e. The topological polar surface area (TPSA) is 99.1 Å². The molecule has 0 spiro atoms. The SMILES string of the molecule is C[C@@H](NC(=O)c1cc(-c2ccc(F)cc2)c2nnc(-c3ccccn3)n2c1)c1ccc(C(F)(F)F)[n+]([O-])c1. The van der Waals surface area contributed by atoms with Gasteiger partial charge >= 0.3 is 6.18 Å². The zero-order chi connectivity index (χ0) is 27.0. The second-order valence-electron chi connectivity index (χ2n) is 8.45. The molecular weight excluding hydrogens is 504 g/mol. The van der Waals surface area contributed by atoms with Gasteiger partial charge in [-0.3, -0.25) is 14.2 Å². The fourth-order valence-corrected chi connectivity index (χ4v) is 3.96. The van der Waals surface area contributed by atoms with Crippen molar-refractivity contribution in [2.75, 3.05) is 0 Å². The van der Waals surface area contributed by atoms with E-state index in [0.29, 0.717) is 34.4 Å². The molecule has 5 aromatic rings. The number of alkyl halides is 3. The van der Waals surface area contributed by atoms with Crippen LogP contribution >= 0.6 is 0 Å². The van der Waals surface area contributed by atoms with E-state index in [4.69, 9.17) is 0 Å². The zero-order valence-corrected chi connectivity index (χ0v) is 19.6. The van der Waals surface area contributed by atoms with Crippen LogP contribution in [0.2, 0.25) is 0 Å². The van der Waals surface area contributed by atoms with Crippen LogP contribution in [0.15, 0.2) is 79.3 Å². The van der Waals surface area contributed by atoms with Crippen LogP contribution in [-0.2, 0) is 6.18 Å². The van der Waals surface area contributed by atoms with Gasteiger partial charge in [0.25, 0.3) is 11.6 Å². The lowest BCUT2D eigenvalue weighted by Gasteiger charge is -2.16. The molecule has 0 unspecified atom stereocenters. The lowest BCUT2D eigenvalue weighted by Crippen LogP contribution is -2.38. The third-order valence-corrected chi connectivity index (χ3v) is 5.89. The summed E-state index contributed by atoms with van der Waals surface area (Å²) in [5, 5.41) is 23.1. The monoisotopic (exact) mass is 522 g/mol. The third-order valence-electron chi connectivity index (χ3n) is 5.89. The van der Waals surface area contributed by atoms with Crippen LogP contribution in [-0.4, -0.2) is 25.5 Å². The van der Waals surface area contributed by atoms with E-state index in [1.807, 2.05) is 0 Å². The lowest BCUT2D eigenvalue weighted by atomic mass is 10.0. The number of rotatable bonds is 5. The van der Waals surface area contributed by atoms with E-state index in [-0.39, 0.29) is 15.9 Å². The van der Waals surface area contributed by atoms with Gasteiger partial charge in [0.15, 0.2) is 17.7 Å². The van der Waals surface area contributed by atoms with E-state index >= 15 is 0 Å². The van der Waals surface area contributed by atoms with Crippen molar-refractivity contribution in [2.45, 2.75) is 19.1 Å². The number of fused-ring (bicyclic) bond motifs is 1. The third kappa shape index (κ3) is 4.75. The highest BCUT2D eigenvalue weighted by molar-refractivity contribution is 5.97. The van der Waals surface area contributed by atoms with E-state index in [1.54, 1.807) is 47.0 Å². The van der Waals surface area contributed by atoms with Gasteiger partial charge in [0.05, 0.1) is 11.6 Å². The Bertz CT molecular complexity index is 1640. The Morgan fingerprint density at radius 3 is 2.50 bits per heavy atom. The number of hydrogen-bond donors (Lipinski definition) is 1. The van der Waals surface area contributed by atoms with Crippen molar-refractivity contribution >= 4 is 11.6 Å². The normalized spacial score (nSPS) is 12.4. The number of aromatic nitrogens is 5. The summed E-state index contributed by atoms with van der Waals surface area (Å²) < 4.78 is 53.7. The van der Waals surface area contributed by atoms with Crippen molar-refractivity contribution in [1.82, 2.24) is 24.9 Å². The molecule has 5 rings (SSSR count). The second-order valence-corrected chi connectivity index (χ2v) is 8.45. The fourth-order valence-electron chi connectivity index (χ4n) is 3.96. The molecule has 12 heteroatoms. The number of amides is 1. The summed E-state index contributed by atoms with van der Waals surface area (Å²) in [4.78, 5) is 17.6. The zero-order valence-electron chi connectivity index (χ0n) is 19.6. The van der Waals surface area contributed by atoms with E-state index in [1.165, 1.54) is 25.3 Å². The van der Waals surface area contributed by atoms with Gasteiger partial charge in [-0.25, -0.2) is 4.39 Å². The molecule has 0 fully saturated rings. The van der Waals surface area contributed by atoms with E-state index in [2.05, 4.69) is 20.5 Å². The van der Waals surface area contributed by atoms with Crippen LogP contribution in [0.1, 0.15) is 34.6 Å². The summed E-state index contributed by atoms with van der Waals surface area (Å²) in [7, 11) is 0. The quantitative estimate of drug-likeness (QED) is 0.204. The van der Waals surface area contributed by atoms with Crippen LogP contribution in [0, 0.1) is 11.0 Å². The van der Waals surface area contributed by atoms with Crippen LogP contribution in [0.5, 0.6) is 0 Å². The lowest BCUT2D eigenvalue weighted by molar-refractivity contribution is -0.629. The number of hydrogen-bond acceptors (Lipinski definition) is 5. The van der Waals surface area contributed by atoms with Crippen molar-refractivity contribution in [2.24, 2.45) is 0 Å². The van der Waals surface area contributed by atoms with E-state index in [0.717, 1.165) is 12.3 Å². The Hall–Kier alpha value is -4.87. The first-order valence-electron chi connectivity index (χ1n) is 11.3. The van der Waals surface area contributed by atoms with Gasteiger partial charge in [-0.05, 0) is 48.9 Å². The maximum Gasteiger partial charge on any atom is 0.478 e. The minimum Gasteiger partial charge on any atom is -0.618 e. The molecule has 1 amide bonds. The number of nitrogens with one attached hydrogen (secondary N) is 1. The first kappa shape index (κ1) is 24.8. The molecule has 0 radical (unpaired) electrons. The fraction of sp³-hybridized carbons (Fsp3) is 0.115. The molecule has 4 heterocycles. The molecule has 0 aliphatic rings. The molecule has 192 valence electrons.